The number of nitrogens with zero attached hydrogens (tertiary/aromatic N) is 4. The zero-order valence-corrected chi connectivity index (χ0v) is 28.4. The number of aliphatic hydroxyl groups is 6. The number of rotatable bonds is 12. The first-order valence-corrected chi connectivity index (χ1v) is 17.3. The molecule has 280 valence electrons. The average molecular weight is 717 g/mol. The van der Waals surface area contributed by atoms with E-state index in [1.54, 1.807) is 12.1 Å². The molecule has 3 aliphatic heterocycles. The van der Waals surface area contributed by atoms with Gasteiger partial charge in [-0.1, -0.05) is 12.1 Å². The largest absolute Gasteiger partial charge is 0.507 e. The van der Waals surface area contributed by atoms with Crippen LogP contribution in [0.2, 0.25) is 0 Å². The van der Waals surface area contributed by atoms with Crippen LogP contribution in [0.3, 0.4) is 0 Å². The summed E-state index contributed by atoms with van der Waals surface area (Å²) in [6, 6.07) is 6.19. The molecule has 3 aromatic rings. The summed E-state index contributed by atoms with van der Waals surface area (Å²) < 4.78 is 17.2. The molecule has 3 fully saturated rings. The number of β-amino-alcohol motifs (C(OH)–C–C–N with tert-alkyl or cyclic N) is 2. The molecule has 0 amide bonds. The van der Waals surface area contributed by atoms with E-state index in [9.17, 15) is 45.6 Å². The highest BCUT2D eigenvalue weighted by Gasteiger charge is 2.44. The van der Waals surface area contributed by atoms with Crippen molar-refractivity contribution in [2.75, 3.05) is 85.3 Å². The van der Waals surface area contributed by atoms with E-state index < -0.39 is 42.7 Å². The Morgan fingerprint density at radius 2 is 1.25 bits per heavy atom. The molecule has 51 heavy (non-hydrogen) atoms. The highest BCUT2D eigenvalue weighted by molar-refractivity contribution is 5.92. The second-order valence-corrected chi connectivity index (χ2v) is 13.4. The molecule has 5 atom stereocenters. The van der Waals surface area contributed by atoms with Gasteiger partial charge >= 0.3 is 0 Å². The van der Waals surface area contributed by atoms with Crippen LogP contribution in [0, 0.1) is 0 Å². The van der Waals surface area contributed by atoms with E-state index in [4.69, 9.17) is 13.9 Å². The quantitative estimate of drug-likeness (QED) is 0.104. The predicted octanol–water partition coefficient (Wildman–Crippen LogP) is -1.73. The molecular weight excluding hydrogens is 668 g/mol. The van der Waals surface area contributed by atoms with Crippen molar-refractivity contribution in [2.45, 2.75) is 43.8 Å². The van der Waals surface area contributed by atoms with Crippen LogP contribution in [0.15, 0.2) is 39.7 Å². The van der Waals surface area contributed by atoms with Crippen molar-refractivity contribution in [1.29, 1.82) is 0 Å². The number of piperazine rings is 2. The van der Waals surface area contributed by atoms with Crippen LogP contribution in [-0.4, -0.2) is 176 Å². The molecule has 0 spiro atoms. The van der Waals surface area contributed by atoms with Gasteiger partial charge in [0.15, 0.2) is 0 Å². The van der Waals surface area contributed by atoms with Crippen molar-refractivity contribution < 1.29 is 54.7 Å². The summed E-state index contributed by atoms with van der Waals surface area (Å²) in [7, 11) is 0. The minimum absolute atomic E-state index is 0.0465. The van der Waals surface area contributed by atoms with Gasteiger partial charge in [0, 0.05) is 78.5 Å². The fourth-order valence-electron chi connectivity index (χ4n) is 7.04. The molecule has 16 heteroatoms. The zero-order valence-electron chi connectivity index (χ0n) is 28.4. The van der Waals surface area contributed by atoms with Crippen molar-refractivity contribution in [1.82, 2.24) is 19.6 Å². The van der Waals surface area contributed by atoms with Crippen molar-refractivity contribution in [2.24, 2.45) is 0 Å². The van der Waals surface area contributed by atoms with Gasteiger partial charge in [-0.25, -0.2) is 0 Å². The molecule has 2 aromatic carbocycles. The topological polar surface area (TPSA) is 223 Å². The van der Waals surface area contributed by atoms with Gasteiger partial charge in [-0.3, -0.25) is 24.4 Å². The highest BCUT2D eigenvalue weighted by atomic mass is 16.7. The number of benzene rings is 2. The number of aromatic hydroxyl groups is 2. The molecule has 3 aliphatic rings. The fraction of sp³-hybridized carbons (Fsp3) is 0.571. The molecule has 0 aliphatic carbocycles. The summed E-state index contributed by atoms with van der Waals surface area (Å²) in [5.41, 5.74) is 0.811. The number of aliphatic hydroxyl groups excluding tert-OH is 6. The number of hydrogen-bond acceptors (Lipinski definition) is 16. The van der Waals surface area contributed by atoms with Crippen molar-refractivity contribution in [3.05, 3.63) is 51.9 Å². The zero-order chi connectivity index (χ0) is 36.2. The number of hydrogen-bond donors (Lipinski definition) is 8. The first kappa shape index (κ1) is 37.4. The Bertz CT molecular complexity index is 1670. The lowest BCUT2D eigenvalue weighted by Gasteiger charge is -2.39. The van der Waals surface area contributed by atoms with E-state index in [1.165, 1.54) is 18.4 Å². The Morgan fingerprint density at radius 3 is 1.80 bits per heavy atom. The van der Waals surface area contributed by atoms with Crippen LogP contribution >= 0.6 is 0 Å². The van der Waals surface area contributed by atoms with Gasteiger partial charge in [0.2, 0.25) is 11.7 Å². The summed E-state index contributed by atoms with van der Waals surface area (Å²) in [6.45, 7) is 6.67. The molecular formula is C35H48N4O12. The van der Waals surface area contributed by atoms with Crippen molar-refractivity contribution in [3.8, 4) is 28.4 Å². The molecule has 6 rings (SSSR count). The Hall–Kier alpha value is -3.39. The maximum Gasteiger partial charge on any atom is 0.229 e. The molecule has 0 radical (unpaired) electrons. The normalized spacial score (nSPS) is 25.8. The van der Waals surface area contributed by atoms with Gasteiger partial charge in [0.05, 0.1) is 36.5 Å². The number of phenols is 2. The Labute approximate surface area is 294 Å². The van der Waals surface area contributed by atoms with Crippen molar-refractivity contribution in [3.63, 3.8) is 0 Å². The SMILES string of the molecule is O=c1c(-c2ccc(OC3OC(CO)C(O)C(O)C3O)cc2)coc2c(CN3CCN(CCO)CC3)c(O)c(CN3CCN(CCO)CC3)c(O)c12. The lowest BCUT2D eigenvalue weighted by atomic mass is 9.98. The minimum atomic E-state index is -1.60. The Kier molecular flexibility index (Phi) is 12.1. The van der Waals surface area contributed by atoms with Gasteiger partial charge in [-0.05, 0) is 17.7 Å². The third kappa shape index (κ3) is 8.01. The van der Waals surface area contributed by atoms with E-state index in [0.29, 0.717) is 63.5 Å². The molecule has 0 saturated carbocycles. The molecule has 8 N–H and O–H groups in total. The molecule has 1 aromatic heterocycles. The Morgan fingerprint density at radius 1 is 0.706 bits per heavy atom. The molecule has 16 nitrogen and oxygen atoms in total. The third-order valence-corrected chi connectivity index (χ3v) is 10.2. The molecule has 3 saturated heterocycles. The van der Waals surface area contributed by atoms with E-state index in [-0.39, 0.29) is 65.6 Å². The number of ether oxygens (including phenoxy) is 2. The van der Waals surface area contributed by atoms with E-state index >= 15 is 0 Å². The first-order valence-electron chi connectivity index (χ1n) is 17.3. The predicted molar refractivity (Wildman–Crippen MR) is 183 cm³/mol. The molecule has 0 bridgehead atoms. The second kappa shape index (κ2) is 16.5. The molecule has 4 heterocycles. The van der Waals surface area contributed by atoms with Gasteiger partial charge in [-0.15, -0.1) is 0 Å². The van der Waals surface area contributed by atoms with E-state index in [1.807, 2.05) is 0 Å². The van der Waals surface area contributed by atoms with Crippen LogP contribution in [0.1, 0.15) is 11.1 Å². The van der Waals surface area contributed by atoms with Crippen LogP contribution < -0.4 is 10.2 Å². The van der Waals surface area contributed by atoms with E-state index in [0.717, 1.165) is 13.1 Å². The van der Waals surface area contributed by atoms with Gasteiger partial charge in [0.1, 0.15) is 58.9 Å². The molecule has 5 unspecified atom stereocenters. The van der Waals surface area contributed by atoms with Crippen LogP contribution in [-0.2, 0) is 17.8 Å². The van der Waals surface area contributed by atoms with Gasteiger partial charge in [-0.2, -0.15) is 0 Å². The second-order valence-electron chi connectivity index (χ2n) is 13.4. The maximum absolute atomic E-state index is 14.2. The summed E-state index contributed by atoms with van der Waals surface area (Å²) >= 11 is 0. The standard InChI is InChI=1S/C35H48N4O12/c40-15-13-36-5-9-38(10-6-36)17-23-28(43)24(18-39-11-7-37(8-12-39)14-16-41)34-27(29(23)44)30(45)25(20-49-34)21-1-3-22(4-2-21)50-35-33(48)32(47)31(46)26(19-42)51-35/h1-4,20,26,31-33,35,40-44,46-48H,5-19H2. The fourth-order valence-corrected chi connectivity index (χ4v) is 7.04. The van der Waals surface area contributed by atoms with Crippen molar-refractivity contribution >= 4 is 11.0 Å². The first-order chi connectivity index (χ1) is 24.6. The summed E-state index contributed by atoms with van der Waals surface area (Å²) in [5, 5.41) is 81.9. The van der Waals surface area contributed by atoms with Gasteiger partial charge in [0.25, 0.3) is 0 Å². The minimum Gasteiger partial charge on any atom is -0.507 e. The van der Waals surface area contributed by atoms with Gasteiger partial charge < -0.3 is 54.7 Å². The summed E-state index contributed by atoms with van der Waals surface area (Å²) in [6.07, 6.45) is -5.94. The monoisotopic (exact) mass is 716 g/mol. The summed E-state index contributed by atoms with van der Waals surface area (Å²) in [4.78, 5) is 22.7. The van der Waals surface area contributed by atoms with Crippen LogP contribution in [0.5, 0.6) is 17.2 Å². The summed E-state index contributed by atoms with van der Waals surface area (Å²) in [5.74, 6) is -0.264. The maximum atomic E-state index is 14.2. The lowest BCUT2D eigenvalue weighted by molar-refractivity contribution is -0.277. The number of fused-ring (bicyclic) bond motifs is 1. The highest BCUT2D eigenvalue weighted by Crippen LogP contribution is 2.41. The smallest absolute Gasteiger partial charge is 0.229 e. The third-order valence-electron chi connectivity index (χ3n) is 10.2. The number of phenolic OH excluding ortho intramolecular Hbond substituents is 2. The van der Waals surface area contributed by atoms with Crippen LogP contribution in [0.25, 0.3) is 22.1 Å². The lowest BCUT2D eigenvalue weighted by Crippen LogP contribution is -2.60. The average Bonchev–Trinajstić information content (AvgIpc) is 3.14. The Balaban J connectivity index is 1.30. The van der Waals surface area contributed by atoms with Crippen LogP contribution in [0.4, 0.5) is 0 Å². The van der Waals surface area contributed by atoms with E-state index in [2.05, 4.69) is 19.6 Å².